The number of aliphatic hydroxyl groups excluding tert-OH is 2. The van der Waals surface area contributed by atoms with E-state index in [9.17, 15) is 28.2 Å². The zero-order valence-corrected chi connectivity index (χ0v) is 31.4. The van der Waals surface area contributed by atoms with Crippen LogP contribution < -0.4 is 0 Å². The van der Waals surface area contributed by atoms with Crippen LogP contribution in [-0.2, 0) is 17.4 Å². The molecule has 4 unspecified atom stereocenters. The molecule has 292 valence electrons. The number of nitrogens with zero attached hydrogens (tertiary/aromatic N) is 5. The number of hydrogen-bond donors (Lipinski definition) is 2. The molecule has 0 spiro atoms. The summed E-state index contributed by atoms with van der Waals surface area (Å²) in [4.78, 5) is 23.0. The molecule has 4 atom stereocenters. The number of carbonyl (C=O) groups is 1. The zero-order valence-electron chi connectivity index (χ0n) is 31.4. The fourth-order valence-corrected chi connectivity index (χ4v) is 9.28. The average Bonchev–Trinajstić information content (AvgIpc) is 4.00. The molecule has 2 N–H and O–H groups in total. The molecule has 2 aromatic heterocycles. The monoisotopic (exact) mass is 763 g/mol. The van der Waals surface area contributed by atoms with Crippen molar-refractivity contribution in [1.82, 2.24) is 24.0 Å². The van der Waals surface area contributed by atoms with E-state index in [1.165, 1.54) is 40.2 Å². The van der Waals surface area contributed by atoms with Gasteiger partial charge in [0.25, 0.3) is 0 Å². The third kappa shape index (κ3) is 7.71. The van der Waals surface area contributed by atoms with Crippen molar-refractivity contribution >= 4 is 5.91 Å². The van der Waals surface area contributed by atoms with Gasteiger partial charge in [-0.15, -0.1) is 0 Å². The second-order valence-electron chi connectivity index (χ2n) is 15.9. The summed E-state index contributed by atoms with van der Waals surface area (Å²) in [6.07, 6.45) is 9.54. The van der Waals surface area contributed by atoms with Gasteiger partial charge in [0, 0.05) is 37.3 Å². The van der Waals surface area contributed by atoms with Crippen LogP contribution in [-0.4, -0.2) is 65.4 Å². The minimum Gasteiger partial charge on any atom is -0.393 e. The van der Waals surface area contributed by atoms with Crippen molar-refractivity contribution in [1.29, 1.82) is 0 Å². The third-order valence-electron chi connectivity index (χ3n) is 12.5. The molecule has 0 radical (unpaired) electrons. The summed E-state index contributed by atoms with van der Waals surface area (Å²) in [6.45, 7) is 5.15. The van der Waals surface area contributed by atoms with Gasteiger partial charge in [0.15, 0.2) is 0 Å². The number of amides is 1. The molecular formula is C45H48F3N5O3. The highest BCUT2D eigenvalue weighted by molar-refractivity contribution is 5.78. The number of rotatable bonds is 8. The summed E-state index contributed by atoms with van der Waals surface area (Å²) in [5.74, 6) is 0.766. The van der Waals surface area contributed by atoms with Crippen LogP contribution in [0.25, 0.3) is 11.4 Å². The number of benzene rings is 3. The highest BCUT2D eigenvalue weighted by Gasteiger charge is 2.36. The summed E-state index contributed by atoms with van der Waals surface area (Å²) in [6, 6.07) is 21.4. The molecule has 1 aliphatic carbocycles. The van der Waals surface area contributed by atoms with E-state index in [-0.39, 0.29) is 36.2 Å². The van der Waals surface area contributed by atoms with Crippen LogP contribution >= 0.6 is 0 Å². The highest BCUT2D eigenvalue weighted by Crippen LogP contribution is 2.43. The van der Waals surface area contributed by atoms with Crippen molar-refractivity contribution in [3.8, 4) is 11.4 Å². The van der Waals surface area contributed by atoms with Crippen LogP contribution in [0.2, 0.25) is 0 Å². The maximum atomic E-state index is 12.7. The van der Waals surface area contributed by atoms with Gasteiger partial charge in [-0.2, -0.15) is 13.2 Å². The Balaban J connectivity index is 0.000000172. The maximum absolute atomic E-state index is 12.7. The molecule has 1 saturated heterocycles. The summed E-state index contributed by atoms with van der Waals surface area (Å²) >= 11 is 0. The van der Waals surface area contributed by atoms with Crippen molar-refractivity contribution in [3.63, 3.8) is 0 Å². The Hall–Kier alpha value is -5.00. The number of likely N-dealkylation sites (tertiary alicyclic amines) is 1. The number of aromatic nitrogens is 4. The predicted octanol–water partition coefficient (Wildman–Crippen LogP) is 8.38. The fourth-order valence-electron chi connectivity index (χ4n) is 9.28. The highest BCUT2D eigenvalue weighted by atomic mass is 19.4. The van der Waals surface area contributed by atoms with Crippen LogP contribution in [0.3, 0.4) is 0 Å². The Morgan fingerprint density at radius 1 is 0.732 bits per heavy atom. The molecule has 56 heavy (non-hydrogen) atoms. The van der Waals surface area contributed by atoms with E-state index in [0.29, 0.717) is 43.8 Å². The molecule has 11 heteroatoms. The standard InChI is InChI=1S/C26H26F3N3O2.C19H22N2O/c27-26(28,29)19-7-5-17(6-8-19)13-25(34)31-11-9-18(10-12-31)24(33)14-21-20-3-1-2-4-22(20)32-16-30-15-23(21)32;1-13-6-8-14(9-7-13)19(22)10-16-15-4-2-3-5-17(15)21-12-20-11-18(16)21/h1-8,15-16,18,21,24,33H,9-14H2;2-5,11-12,14,16,19,22H,1,6-10H2. The van der Waals surface area contributed by atoms with Crippen molar-refractivity contribution in [2.75, 3.05) is 13.1 Å². The number of hydrogen-bond acceptors (Lipinski definition) is 5. The van der Waals surface area contributed by atoms with Crippen molar-refractivity contribution in [3.05, 3.63) is 144 Å². The topological polar surface area (TPSA) is 96.4 Å². The summed E-state index contributed by atoms with van der Waals surface area (Å²) < 4.78 is 42.4. The minimum atomic E-state index is -4.38. The lowest BCUT2D eigenvalue weighted by molar-refractivity contribution is -0.137. The van der Waals surface area contributed by atoms with Gasteiger partial charge in [-0.25, -0.2) is 9.97 Å². The molecule has 2 fully saturated rings. The van der Waals surface area contributed by atoms with E-state index in [2.05, 4.69) is 62.1 Å². The van der Waals surface area contributed by atoms with Crippen LogP contribution in [0.15, 0.2) is 110 Å². The molecule has 1 amide bonds. The quantitative estimate of drug-likeness (QED) is 0.155. The molecule has 4 aliphatic rings. The lowest BCUT2D eigenvalue weighted by Gasteiger charge is -2.35. The minimum absolute atomic E-state index is 0.0776. The number of para-hydroxylation sites is 2. The largest absolute Gasteiger partial charge is 0.416 e. The third-order valence-corrected chi connectivity index (χ3v) is 12.5. The van der Waals surface area contributed by atoms with Gasteiger partial charge in [0.1, 0.15) is 0 Å². The molecule has 5 heterocycles. The van der Waals surface area contributed by atoms with Gasteiger partial charge in [-0.05, 0) is 104 Å². The molecule has 0 bridgehead atoms. The molecule has 5 aromatic rings. The summed E-state index contributed by atoms with van der Waals surface area (Å²) in [5, 5.41) is 21.8. The van der Waals surface area contributed by atoms with Gasteiger partial charge in [-0.3, -0.25) is 4.79 Å². The lowest BCUT2D eigenvalue weighted by atomic mass is 9.79. The number of carbonyl (C=O) groups excluding carboxylic acids is 1. The van der Waals surface area contributed by atoms with Crippen LogP contribution in [0, 0.1) is 11.8 Å². The normalized spacial score (nSPS) is 20.4. The molecule has 3 aliphatic heterocycles. The Labute approximate surface area is 325 Å². The lowest BCUT2D eigenvalue weighted by Crippen LogP contribution is -2.42. The first-order valence-corrected chi connectivity index (χ1v) is 19.7. The molecular weight excluding hydrogens is 716 g/mol. The van der Waals surface area contributed by atoms with Crippen LogP contribution in [0.1, 0.15) is 96.8 Å². The molecule has 3 aromatic carbocycles. The first-order valence-electron chi connectivity index (χ1n) is 19.7. The SMILES string of the molecule is C=C1CCC(C(O)CC2c3ccccc3-n3cncc32)CC1.O=C(Cc1ccc(C(F)(F)F)cc1)N1CCC(C(O)CC2c3ccccc3-n3cncc32)CC1. The van der Waals surface area contributed by atoms with Crippen molar-refractivity contribution in [2.45, 2.75) is 88.0 Å². The van der Waals surface area contributed by atoms with E-state index in [1.54, 1.807) is 11.2 Å². The Bertz CT molecular complexity index is 2160. The number of imidazole rings is 2. The van der Waals surface area contributed by atoms with Crippen LogP contribution in [0.4, 0.5) is 13.2 Å². The van der Waals surface area contributed by atoms with Gasteiger partial charge >= 0.3 is 6.18 Å². The number of aliphatic hydroxyl groups is 2. The number of halogens is 3. The van der Waals surface area contributed by atoms with E-state index in [4.69, 9.17) is 0 Å². The van der Waals surface area contributed by atoms with E-state index in [1.807, 2.05) is 30.9 Å². The van der Waals surface area contributed by atoms with Gasteiger partial charge < -0.3 is 24.2 Å². The smallest absolute Gasteiger partial charge is 0.393 e. The Kier molecular flexibility index (Phi) is 10.7. The first-order chi connectivity index (χ1) is 27.0. The number of piperidine rings is 1. The fraction of sp³-hybridized carbons (Fsp3) is 0.400. The zero-order chi connectivity index (χ0) is 39.0. The van der Waals surface area contributed by atoms with Gasteiger partial charge in [0.2, 0.25) is 5.91 Å². The van der Waals surface area contributed by atoms with E-state index < -0.39 is 17.8 Å². The molecule has 1 saturated carbocycles. The summed E-state index contributed by atoms with van der Waals surface area (Å²) in [7, 11) is 0. The number of allylic oxidation sites excluding steroid dienone is 1. The Morgan fingerprint density at radius 3 is 1.71 bits per heavy atom. The second kappa shape index (κ2) is 15.9. The van der Waals surface area contributed by atoms with Crippen LogP contribution in [0.5, 0.6) is 0 Å². The number of alkyl halides is 3. The first kappa shape index (κ1) is 37.9. The van der Waals surface area contributed by atoms with Crippen molar-refractivity contribution < 1.29 is 28.2 Å². The van der Waals surface area contributed by atoms with Gasteiger partial charge in [0.05, 0.1) is 59.6 Å². The molecule has 9 rings (SSSR count). The van der Waals surface area contributed by atoms with E-state index >= 15 is 0 Å². The summed E-state index contributed by atoms with van der Waals surface area (Å²) in [5.41, 5.74) is 8.32. The predicted molar refractivity (Wildman–Crippen MR) is 208 cm³/mol. The van der Waals surface area contributed by atoms with E-state index in [0.717, 1.165) is 55.6 Å². The average molecular weight is 764 g/mol. The Morgan fingerprint density at radius 2 is 1.21 bits per heavy atom. The van der Waals surface area contributed by atoms with Crippen molar-refractivity contribution in [2.24, 2.45) is 11.8 Å². The van der Waals surface area contributed by atoms with Gasteiger partial charge in [-0.1, -0.05) is 60.7 Å². The molecule has 8 nitrogen and oxygen atoms in total. The number of fused-ring (bicyclic) bond motifs is 6. The second-order valence-corrected chi connectivity index (χ2v) is 15.9. The maximum Gasteiger partial charge on any atom is 0.416 e.